The third kappa shape index (κ3) is 5.33. The van der Waals surface area contributed by atoms with Gasteiger partial charge in [-0.2, -0.15) is 0 Å². The third-order valence-corrected chi connectivity index (χ3v) is 2.79. The van der Waals surface area contributed by atoms with Crippen LogP contribution >= 0.6 is 0 Å². The van der Waals surface area contributed by atoms with Crippen LogP contribution in [0.4, 0.5) is 0 Å². The van der Waals surface area contributed by atoms with Crippen LogP contribution in [0.1, 0.15) is 38.4 Å². The number of nitrogens with zero attached hydrogens (tertiary/aromatic N) is 1. The van der Waals surface area contributed by atoms with Gasteiger partial charge in [-0.25, -0.2) is 0 Å². The summed E-state index contributed by atoms with van der Waals surface area (Å²) in [4.78, 5) is 2.39. The number of hydrogen-bond donors (Lipinski definition) is 1. The summed E-state index contributed by atoms with van der Waals surface area (Å²) in [6, 6.07) is 3.96. The standard InChI is InChI=1S/C13H23NO2/c1-2-14(9-5-3-4-6-10-15)12-13-8-7-11-16-13/h7-8,11,15H,2-6,9-10,12H2,1H3. The van der Waals surface area contributed by atoms with E-state index >= 15 is 0 Å². The van der Waals surface area contributed by atoms with Crippen LogP contribution in [0, 0.1) is 0 Å². The van der Waals surface area contributed by atoms with Gasteiger partial charge in [0, 0.05) is 6.61 Å². The van der Waals surface area contributed by atoms with Gasteiger partial charge in [-0.05, 0) is 38.1 Å². The molecule has 0 fully saturated rings. The lowest BCUT2D eigenvalue weighted by Gasteiger charge is -2.18. The molecular formula is C13H23NO2. The Hall–Kier alpha value is -0.800. The second kappa shape index (κ2) is 8.36. The predicted octanol–water partition coefficient (Wildman–Crippen LogP) is 2.65. The van der Waals surface area contributed by atoms with Crippen LogP contribution in [0.25, 0.3) is 0 Å². The molecule has 0 aliphatic carbocycles. The lowest BCUT2D eigenvalue weighted by molar-refractivity contribution is 0.246. The number of rotatable bonds is 9. The molecule has 0 saturated carbocycles. The molecule has 0 aliphatic heterocycles. The molecule has 1 rings (SSSR count). The summed E-state index contributed by atoms with van der Waals surface area (Å²) in [5, 5.41) is 8.67. The van der Waals surface area contributed by atoms with E-state index in [1.807, 2.05) is 12.1 Å². The van der Waals surface area contributed by atoms with Crippen molar-refractivity contribution >= 4 is 0 Å². The van der Waals surface area contributed by atoms with Gasteiger partial charge >= 0.3 is 0 Å². The summed E-state index contributed by atoms with van der Waals surface area (Å²) in [6.45, 7) is 5.58. The lowest BCUT2D eigenvalue weighted by Crippen LogP contribution is -2.23. The molecular weight excluding hydrogens is 202 g/mol. The zero-order valence-electron chi connectivity index (χ0n) is 10.2. The van der Waals surface area contributed by atoms with Gasteiger partial charge in [0.15, 0.2) is 0 Å². The first-order valence-electron chi connectivity index (χ1n) is 6.22. The average molecular weight is 225 g/mol. The Morgan fingerprint density at radius 2 is 2.06 bits per heavy atom. The minimum atomic E-state index is 0.323. The second-order valence-corrected chi connectivity index (χ2v) is 4.09. The Balaban J connectivity index is 2.12. The first-order valence-corrected chi connectivity index (χ1v) is 6.22. The molecule has 0 unspecified atom stereocenters. The van der Waals surface area contributed by atoms with Crippen LogP contribution in [0.3, 0.4) is 0 Å². The van der Waals surface area contributed by atoms with Gasteiger partial charge in [0.05, 0.1) is 12.8 Å². The van der Waals surface area contributed by atoms with Crippen LogP contribution in [-0.4, -0.2) is 29.7 Å². The van der Waals surface area contributed by atoms with Crippen molar-refractivity contribution in [3.05, 3.63) is 24.2 Å². The van der Waals surface area contributed by atoms with Gasteiger partial charge in [-0.15, -0.1) is 0 Å². The Bertz CT molecular complexity index is 246. The van der Waals surface area contributed by atoms with E-state index in [1.54, 1.807) is 6.26 Å². The molecule has 92 valence electrons. The number of unbranched alkanes of at least 4 members (excludes halogenated alkanes) is 3. The molecule has 0 spiro atoms. The van der Waals surface area contributed by atoms with Crippen LogP contribution < -0.4 is 0 Å². The zero-order chi connectivity index (χ0) is 11.6. The molecule has 1 aromatic rings. The predicted molar refractivity (Wildman–Crippen MR) is 65.2 cm³/mol. The van der Waals surface area contributed by atoms with E-state index in [-0.39, 0.29) is 0 Å². The highest BCUT2D eigenvalue weighted by atomic mass is 16.3. The summed E-state index contributed by atoms with van der Waals surface area (Å²) in [6.07, 6.45) is 6.20. The van der Waals surface area contributed by atoms with E-state index < -0.39 is 0 Å². The summed E-state index contributed by atoms with van der Waals surface area (Å²) in [5.41, 5.74) is 0. The Kier molecular flexibility index (Phi) is 6.93. The molecule has 0 aliphatic rings. The number of furan rings is 1. The molecule has 1 heterocycles. The molecule has 3 heteroatoms. The van der Waals surface area contributed by atoms with Gasteiger partial charge in [0.2, 0.25) is 0 Å². The normalized spacial score (nSPS) is 11.2. The smallest absolute Gasteiger partial charge is 0.117 e. The van der Waals surface area contributed by atoms with Crippen molar-refractivity contribution in [1.82, 2.24) is 4.90 Å². The molecule has 1 N–H and O–H groups in total. The van der Waals surface area contributed by atoms with Crippen molar-refractivity contribution < 1.29 is 9.52 Å². The van der Waals surface area contributed by atoms with Gasteiger partial charge in [-0.1, -0.05) is 19.8 Å². The van der Waals surface area contributed by atoms with Gasteiger partial charge in [0.1, 0.15) is 5.76 Å². The molecule has 0 atom stereocenters. The lowest BCUT2D eigenvalue weighted by atomic mass is 10.2. The first-order chi connectivity index (χ1) is 7.86. The van der Waals surface area contributed by atoms with E-state index in [2.05, 4.69) is 11.8 Å². The molecule has 1 aromatic heterocycles. The molecule has 0 amide bonds. The maximum absolute atomic E-state index is 8.67. The van der Waals surface area contributed by atoms with Crippen molar-refractivity contribution in [3.63, 3.8) is 0 Å². The molecule has 0 radical (unpaired) electrons. The average Bonchev–Trinajstić information content (AvgIpc) is 2.80. The topological polar surface area (TPSA) is 36.6 Å². The monoisotopic (exact) mass is 225 g/mol. The van der Waals surface area contributed by atoms with E-state index in [0.29, 0.717) is 6.61 Å². The van der Waals surface area contributed by atoms with Gasteiger partial charge in [-0.3, -0.25) is 4.90 Å². The largest absolute Gasteiger partial charge is 0.468 e. The quantitative estimate of drug-likeness (QED) is 0.656. The molecule has 0 aromatic carbocycles. The molecule has 3 nitrogen and oxygen atoms in total. The van der Waals surface area contributed by atoms with Crippen LogP contribution in [-0.2, 0) is 6.54 Å². The fourth-order valence-corrected chi connectivity index (χ4v) is 1.77. The fraction of sp³-hybridized carbons (Fsp3) is 0.692. The van der Waals surface area contributed by atoms with Crippen molar-refractivity contribution in [2.24, 2.45) is 0 Å². The fourth-order valence-electron chi connectivity index (χ4n) is 1.77. The van der Waals surface area contributed by atoms with Crippen molar-refractivity contribution in [2.45, 2.75) is 39.2 Å². The number of aliphatic hydroxyl groups excluding tert-OH is 1. The minimum absolute atomic E-state index is 0.323. The highest BCUT2D eigenvalue weighted by Crippen LogP contribution is 2.07. The Morgan fingerprint density at radius 1 is 1.25 bits per heavy atom. The van der Waals surface area contributed by atoms with Crippen LogP contribution in [0.2, 0.25) is 0 Å². The van der Waals surface area contributed by atoms with Gasteiger partial charge in [0.25, 0.3) is 0 Å². The van der Waals surface area contributed by atoms with E-state index in [1.165, 1.54) is 12.8 Å². The van der Waals surface area contributed by atoms with E-state index in [4.69, 9.17) is 9.52 Å². The van der Waals surface area contributed by atoms with E-state index in [9.17, 15) is 0 Å². The molecule has 0 bridgehead atoms. The molecule has 16 heavy (non-hydrogen) atoms. The Labute approximate surface area is 98.1 Å². The SMILES string of the molecule is CCN(CCCCCCO)Cc1ccco1. The minimum Gasteiger partial charge on any atom is -0.468 e. The maximum atomic E-state index is 8.67. The highest BCUT2D eigenvalue weighted by molar-refractivity contribution is 4.97. The first kappa shape index (κ1) is 13.3. The van der Waals surface area contributed by atoms with Crippen molar-refractivity contribution in [3.8, 4) is 0 Å². The van der Waals surface area contributed by atoms with E-state index in [0.717, 1.165) is 38.2 Å². The number of hydrogen-bond acceptors (Lipinski definition) is 3. The summed E-state index contributed by atoms with van der Waals surface area (Å²) < 4.78 is 5.34. The third-order valence-electron chi connectivity index (χ3n) is 2.79. The summed E-state index contributed by atoms with van der Waals surface area (Å²) in [7, 11) is 0. The maximum Gasteiger partial charge on any atom is 0.117 e. The summed E-state index contributed by atoms with van der Waals surface area (Å²) >= 11 is 0. The van der Waals surface area contributed by atoms with Crippen molar-refractivity contribution in [2.75, 3.05) is 19.7 Å². The summed E-state index contributed by atoms with van der Waals surface area (Å²) in [5.74, 6) is 1.04. The zero-order valence-corrected chi connectivity index (χ0v) is 10.2. The van der Waals surface area contributed by atoms with Gasteiger partial charge < -0.3 is 9.52 Å². The second-order valence-electron chi connectivity index (χ2n) is 4.09. The van der Waals surface area contributed by atoms with Crippen LogP contribution in [0.15, 0.2) is 22.8 Å². The highest BCUT2D eigenvalue weighted by Gasteiger charge is 2.04. The number of aliphatic hydroxyl groups is 1. The Morgan fingerprint density at radius 3 is 2.69 bits per heavy atom. The molecule has 0 saturated heterocycles. The van der Waals surface area contributed by atoms with Crippen molar-refractivity contribution in [1.29, 1.82) is 0 Å². The van der Waals surface area contributed by atoms with Crippen LogP contribution in [0.5, 0.6) is 0 Å².